The van der Waals surface area contributed by atoms with Gasteiger partial charge in [-0.3, -0.25) is 4.79 Å². The fourth-order valence-electron chi connectivity index (χ4n) is 5.65. The van der Waals surface area contributed by atoms with Gasteiger partial charge < -0.3 is 4.90 Å². The Kier molecular flexibility index (Phi) is 8.68. The maximum Gasteiger partial charge on any atom is 0.229 e. The van der Waals surface area contributed by atoms with Gasteiger partial charge in [-0.2, -0.15) is 0 Å². The van der Waals surface area contributed by atoms with Crippen LogP contribution in [-0.2, 0) is 4.79 Å². The van der Waals surface area contributed by atoms with Crippen molar-refractivity contribution in [2.75, 3.05) is 0 Å². The highest BCUT2D eigenvalue weighted by atomic mass is 35.5. The monoisotopic (exact) mass is 479 g/mol. The molecular weight excluding hydrogens is 438 g/mol. The minimum atomic E-state index is -0.485. The lowest BCUT2D eigenvalue weighted by molar-refractivity contribution is -0.156. The average molecular weight is 480 g/mol. The van der Waals surface area contributed by atoms with Crippen molar-refractivity contribution in [1.29, 1.82) is 0 Å². The molecule has 0 bridgehead atoms. The maximum absolute atomic E-state index is 14.4. The molecule has 0 spiro atoms. The number of aryl methyl sites for hydroxylation is 1. The Morgan fingerprint density at radius 2 is 1.76 bits per heavy atom. The molecule has 2 nitrogen and oxygen atoms in total. The first-order valence-corrected chi connectivity index (χ1v) is 13.2. The van der Waals surface area contributed by atoms with E-state index in [0.717, 1.165) is 24.3 Å². The van der Waals surface area contributed by atoms with E-state index in [0.29, 0.717) is 18.3 Å². The number of carbonyl (C=O) groups excluding carboxylic acids is 1. The SMILES string of the molecule is C=CC[C@@]1(C)C[C@H](c2cccc(Cl)c2)C(c2ccc(C)cc2)N([C@H](CCC(C)C)C(C)C)C1=O. The summed E-state index contributed by atoms with van der Waals surface area (Å²) >= 11 is 6.48. The molecule has 1 aliphatic heterocycles. The number of amides is 1. The quantitative estimate of drug-likeness (QED) is 0.329. The maximum atomic E-state index is 14.4. The van der Waals surface area contributed by atoms with Crippen LogP contribution >= 0.6 is 11.6 Å². The number of carbonyl (C=O) groups is 1. The Labute approximate surface area is 212 Å². The van der Waals surface area contributed by atoms with Crippen LogP contribution in [0.5, 0.6) is 0 Å². The minimum Gasteiger partial charge on any atom is -0.331 e. The summed E-state index contributed by atoms with van der Waals surface area (Å²) < 4.78 is 0. The number of benzene rings is 2. The van der Waals surface area contributed by atoms with Crippen LogP contribution in [0.15, 0.2) is 61.2 Å². The summed E-state index contributed by atoms with van der Waals surface area (Å²) in [5.74, 6) is 1.38. The number of nitrogens with zero attached hydrogens (tertiary/aromatic N) is 1. The van der Waals surface area contributed by atoms with Crippen molar-refractivity contribution >= 4 is 17.5 Å². The second kappa shape index (κ2) is 11.1. The molecule has 1 fully saturated rings. The van der Waals surface area contributed by atoms with Gasteiger partial charge in [-0.05, 0) is 67.7 Å². The third-order valence-corrected chi connectivity index (χ3v) is 7.79. The Morgan fingerprint density at radius 3 is 2.32 bits per heavy atom. The molecule has 0 aromatic heterocycles. The number of piperidine rings is 1. The molecule has 0 aliphatic carbocycles. The fourth-order valence-corrected chi connectivity index (χ4v) is 5.85. The molecule has 0 saturated carbocycles. The normalized spacial score (nSPS) is 24.0. The number of halogens is 1. The van der Waals surface area contributed by atoms with Gasteiger partial charge in [0.25, 0.3) is 0 Å². The van der Waals surface area contributed by atoms with Crippen molar-refractivity contribution in [2.24, 2.45) is 17.3 Å². The molecule has 2 aromatic rings. The van der Waals surface area contributed by atoms with Gasteiger partial charge in [0, 0.05) is 17.0 Å². The lowest BCUT2D eigenvalue weighted by Crippen LogP contribution is -2.56. The van der Waals surface area contributed by atoms with E-state index in [4.69, 9.17) is 11.6 Å². The Bertz CT molecular complexity index is 979. The van der Waals surface area contributed by atoms with E-state index in [1.54, 1.807) is 0 Å². The second-order valence-corrected chi connectivity index (χ2v) is 11.7. The van der Waals surface area contributed by atoms with Gasteiger partial charge >= 0.3 is 0 Å². The number of likely N-dealkylation sites (tertiary alicyclic amines) is 1. The predicted molar refractivity (Wildman–Crippen MR) is 145 cm³/mol. The first kappa shape index (κ1) is 26.5. The molecular formula is C31H42ClNO. The first-order valence-electron chi connectivity index (χ1n) is 12.8. The summed E-state index contributed by atoms with van der Waals surface area (Å²) in [6, 6.07) is 17.2. The largest absolute Gasteiger partial charge is 0.331 e. The van der Waals surface area contributed by atoms with Crippen molar-refractivity contribution in [3.05, 3.63) is 82.9 Å². The molecule has 34 heavy (non-hydrogen) atoms. The van der Waals surface area contributed by atoms with Gasteiger partial charge in [0.1, 0.15) is 0 Å². The smallest absolute Gasteiger partial charge is 0.229 e. The molecule has 1 heterocycles. The van der Waals surface area contributed by atoms with Crippen LogP contribution in [0.3, 0.4) is 0 Å². The average Bonchev–Trinajstić information content (AvgIpc) is 2.77. The van der Waals surface area contributed by atoms with E-state index in [1.165, 1.54) is 16.7 Å². The standard InChI is InChI=1S/C31H42ClNO/c1-8-18-31(7)20-27(25-10-9-11-26(32)19-25)29(24-15-13-23(6)14-16-24)33(30(31)34)28(22(4)5)17-12-21(2)3/h8-11,13-16,19,21-22,27-29H,1,12,17-18,20H2,2-7H3/t27-,28-,29?,31+/m1/s1. The third kappa shape index (κ3) is 5.77. The van der Waals surface area contributed by atoms with Gasteiger partial charge in [-0.25, -0.2) is 0 Å². The summed E-state index contributed by atoms with van der Waals surface area (Å²) in [4.78, 5) is 16.6. The summed E-state index contributed by atoms with van der Waals surface area (Å²) in [6.45, 7) is 17.3. The van der Waals surface area contributed by atoms with Crippen molar-refractivity contribution < 1.29 is 4.79 Å². The number of hydrogen-bond acceptors (Lipinski definition) is 1. The van der Waals surface area contributed by atoms with E-state index >= 15 is 0 Å². The first-order chi connectivity index (χ1) is 16.1. The highest BCUT2D eigenvalue weighted by Crippen LogP contribution is 2.52. The van der Waals surface area contributed by atoms with E-state index in [9.17, 15) is 4.79 Å². The predicted octanol–water partition coefficient (Wildman–Crippen LogP) is 8.75. The zero-order chi connectivity index (χ0) is 25.0. The van der Waals surface area contributed by atoms with Gasteiger partial charge in [0.05, 0.1) is 11.5 Å². The van der Waals surface area contributed by atoms with E-state index in [2.05, 4.69) is 89.4 Å². The van der Waals surface area contributed by atoms with Crippen LogP contribution in [0.4, 0.5) is 0 Å². The number of rotatable bonds is 9. The van der Waals surface area contributed by atoms with Crippen LogP contribution in [-0.4, -0.2) is 16.8 Å². The Balaban J connectivity index is 2.22. The van der Waals surface area contributed by atoms with Crippen LogP contribution in [0.1, 0.15) is 89.0 Å². The molecule has 1 unspecified atom stereocenters. The lowest BCUT2D eigenvalue weighted by Gasteiger charge is -2.53. The molecule has 2 aromatic carbocycles. The minimum absolute atomic E-state index is 0.0241. The topological polar surface area (TPSA) is 20.3 Å². The fraction of sp³-hybridized carbons (Fsp3) is 0.516. The Morgan fingerprint density at radius 1 is 1.09 bits per heavy atom. The van der Waals surface area contributed by atoms with Crippen molar-refractivity contribution in [3.63, 3.8) is 0 Å². The molecule has 184 valence electrons. The molecule has 1 aliphatic rings. The highest BCUT2D eigenvalue weighted by Gasteiger charge is 2.51. The molecule has 4 atom stereocenters. The summed E-state index contributed by atoms with van der Waals surface area (Å²) in [6.07, 6.45) is 5.48. The Hall–Kier alpha value is -2.06. The zero-order valence-electron chi connectivity index (χ0n) is 21.9. The van der Waals surface area contributed by atoms with Gasteiger partial charge in [0.2, 0.25) is 5.91 Å². The molecule has 1 saturated heterocycles. The van der Waals surface area contributed by atoms with Crippen LogP contribution in [0.2, 0.25) is 5.02 Å². The number of hydrogen-bond donors (Lipinski definition) is 0. The van der Waals surface area contributed by atoms with E-state index < -0.39 is 5.41 Å². The highest BCUT2D eigenvalue weighted by molar-refractivity contribution is 6.30. The van der Waals surface area contributed by atoms with Gasteiger partial charge in [-0.15, -0.1) is 6.58 Å². The van der Waals surface area contributed by atoms with Crippen LogP contribution in [0, 0.1) is 24.2 Å². The van der Waals surface area contributed by atoms with Crippen molar-refractivity contribution in [3.8, 4) is 0 Å². The zero-order valence-corrected chi connectivity index (χ0v) is 22.6. The molecule has 0 N–H and O–H groups in total. The lowest BCUT2D eigenvalue weighted by atomic mass is 9.66. The summed E-state index contributed by atoms with van der Waals surface area (Å²) in [7, 11) is 0. The number of allylic oxidation sites excluding steroid dienone is 1. The van der Waals surface area contributed by atoms with Gasteiger partial charge in [0.15, 0.2) is 0 Å². The van der Waals surface area contributed by atoms with Crippen molar-refractivity contribution in [2.45, 2.75) is 85.2 Å². The second-order valence-electron chi connectivity index (χ2n) is 11.3. The molecule has 3 rings (SSSR count). The van der Waals surface area contributed by atoms with E-state index in [1.807, 2.05) is 18.2 Å². The van der Waals surface area contributed by atoms with Crippen molar-refractivity contribution in [1.82, 2.24) is 4.90 Å². The third-order valence-electron chi connectivity index (χ3n) is 7.56. The van der Waals surface area contributed by atoms with Crippen LogP contribution in [0.25, 0.3) is 0 Å². The van der Waals surface area contributed by atoms with Gasteiger partial charge in [-0.1, -0.05) is 94.3 Å². The van der Waals surface area contributed by atoms with E-state index in [-0.39, 0.29) is 23.9 Å². The van der Waals surface area contributed by atoms with Crippen LogP contribution < -0.4 is 0 Å². The molecule has 0 radical (unpaired) electrons. The molecule has 1 amide bonds. The molecule has 3 heteroatoms. The summed E-state index contributed by atoms with van der Waals surface area (Å²) in [5, 5.41) is 0.745. The summed E-state index contributed by atoms with van der Waals surface area (Å²) in [5.41, 5.74) is 3.16.